The smallest absolute Gasteiger partial charge is 0.271 e. The predicted molar refractivity (Wildman–Crippen MR) is 111 cm³/mol. The molecular weight excluding hydrogens is 382 g/mol. The van der Waals surface area contributed by atoms with Gasteiger partial charge in [-0.3, -0.25) is 9.78 Å². The van der Waals surface area contributed by atoms with Gasteiger partial charge >= 0.3 is 0 Å². The van der Waals surface area contributed by atoms with Crippen molar-refractivity contribution in [2.24, 2.45) is 5.10 Å². The first-order chi connectivity index (χ1) is 14.7. The lowest BCUT2D eigenvalue weighted by atomic mass is 10.1. The molecule has 0 spiro atoms. The highest BCUT2D eigenvalue weighted by Gasteiger charge is 2.14. The number of hydrazone groups is 1. The summed E-state index contributed by atoms with van der Waals surface area (Å²) in [5.74, 6) is 1.02. The molecule has 0 saturated carbocycles. The van der Waals surface area contributed by atoms with Crippen molar-refractivity contribution in [1.29, 1.82) is 0 Å². The van der Waals surface area contributed by atoms with Crippen LogP contribution in [0.4, 0.5) is 0 Å². The lowest BCUT2D eigenvalue weighted by Gasteiger charge is -2.03. The van der Waals surface area contributed by atoms with E-state index < -0.39 is 0 Å². The van der Waals surface area contributed by atoms with Crippen LogP contribution in [0.1, 0.15) is 15.9 Å². The summed E-state index contributed by atoms with van der Waals surface area (Å²) in [7, 11) is 1.58. The molecule has 1 amide bonds. The van der Waals surface area contributed by atoms with Crippen LogP contribution in [0.15, 0.2) is 82.6 Å². The van der Waals surface area contributed by atoms with Crippen molar-refractivity contribution in [3.8, 4) is 28.7 Å². The van der Waals surface area contributed by atoms with Gasteiger partial charge in [0, 0.05) is 23.5 Å². The molecule has 4 rings (SSSR count). The minimum absolute atomic E-state index is 0.327. The number of nitrogens with one attached hydrogen (secondary N) is 1. The molecule has 0 aliphatic heterocycles. The van der Waals surface area contributed by atoms with E-state index in [1.807, 2.05) is 24.3 Å². The highest BCUT2D eigenvalue weighted by Crippen LogP contribution is 2.30. The summed E-state index contributed by atoms with van der Waals surface area (Å²) in [5, 5.41) is 12.1. The molecule has 0 radical (unpaired) electrons. The number of hydrogen-bond acceptors (Lipinski definition) is 7. The summed E-state index contributed by atoms with van der Waals surface area (Å²) in [6.45, 7) is 0. The minimum Gasteiger partial charge on any atom is -0.496 e. The van der Waals surface area contributed by atoms with Crippen LogP contribution in [0.5, 0.6) is 5.75 Å². The third-order valence-electron chi connectivity index (χ3n) is 4.24. The van der Waals surface area contributed by atoms with Gasteiger partial charge < -0.3 is 9.15 Å². The maximum absolute atomic E-state index is 12.2. The number of para-hydroxylation sites is 1. The number of benzene rings is 2. The van der Waals surface area contributed by atoms with Crippen LogP contribution in [0.25, 0.3) is 22.9 Å². The molecule has 1 N–H and O–H groups in total. The van der Waals surface area contributed by atoms with Crippen LogP contribution in [-0.2, 0) is 0 Å². The Balaban J connectivity index is 1.45. The van der Waals surface area contributed by atoms with Crippen molar-refractivity contribution in [2.75, 3.05) is 7.11 Å². The highest BCUT2D eigenvalue weighted by molar-refractivity contribution is 5.95. The second-order valence-electron chi connectivity index (χ2n) is 6.17. The third-order valence-corrected chi connectivity index (χ3v) is 4.24. The molecule has 148 valence electrons. The zero-order valence-corrected chi connectivity index (χ0v) is 16.0. The number of aromatic nitrogens is 3. The van der Waals surface area contributed by atoms with E-state index in [0.717, 1.165) is 5.56 Å². The van der Waals surface area contributed by atoms with Crippen molar-refractivity contribution in [2.45, 2.75) is 0 Å². The van der Waals surface area contributed by atoms with E-state index in [2.05, 4.69) is 25.7 Å². The monoisotopic (exact) mass is 399 g/mol. The molecule has 4 aromatic rings. The molecule has 0 saturated heterocycles. The number of pyridine rings is 1. The van der Waals surface area contributed by atoms with E-state index >= 15 is 0 Å². The van der Waals surface area contributed by atoms with Gasteiger partial charge in [-0.25, -0.2) is 5.43 Å². The van der Waals surface area contributed by atoms with Gasteiger partial charge in [0.05, 0.1) is 18.9 Å². The van der Waals surface area contributed by atoms with Crippen molar-refractivity contribution in [1.82, 2.24) is 20.6 Å². The maximum atomic E-state index is 12.2. The largest absolute Gasteiger partial charge is 0.496 e. The first-order valence-electron chi connectivity index (χ1n) is 9.05. The Morgan fingerprint density at radius 1 is 1.00 bits per heavy atom. The Morgan fingerprint density at radius 2 is 1.73 bits per heavy atom. The number of carbonyl (C=O) groups is 1. The zero-order valence-electron chi connectivity index (χ0n) is 16.0. The number of hydrogen-bond donors (Lipinski definition) is 1. The SMILES string of the molecule is COc1ccccc1-c1nnc(-c2ccc(C(=O)N/N=C/c3ccncc3)cc2)o1. The summed E-state index contributed by atoms with van der Waals surface area (Å²) >= 11 is 0. The molecule has 0 bridgehead atoms. The summed E-state index contributed by atoms with van der Waals surface area (Å²) in [4.78, 5) is 16.2. The number of nitrogens with zero attached hydrogens (tertiary/aromatic N) is 4. The summed E-state index contributed by atoms with van der Waals surface area (Å²) < 4.78 is 11.1. The van der Waals surface area contributed by atoms with E-state index in [9.17, 15) is 4.79 Å². The molecule has 0 fully saturated rings. The van der Waals surface area contributed by atoms with E-state index in [-0.39, 0.29) is 5.91 Å². The zero-order chi connectivity index (χ0) is 20.8. The Morgan fingerprint density at radius 3 is 2.50 bits per heavy atom. The van der Waals surface area contributed by atoms with Crippen LogP contribution >= 0.6 is 0 Å². The van der Waals surface area contributed by atoms with Gasteiger partial charge in [0.25, 0.3) is 11.8 Å². The topological polar surface area (TPSA) is 102 Å². The number of amides is 1. The molecule has 8 nitrogen and oxygen atoms in total. The van der Waals surface area contributed by atoms with E-state index in [1.54, 1.807) is 62.1 Å². The fourth-order valence-electron chi connectivity index (χ4n) is 2.71. The van der Waals surface area contributed by atoms with Crippen LogP contribution in [0, 0.1) is 0 Å². The Bertz CT molecular complexity index is 1170. The van der Waals surface area contributed by atoms with Crippen molar-refractivity contribution >= 4 is 12.1 Å². The van der Waals surface area contributed by atoms with Crippen LogP contribution in [0.3, 0.4) is 0 Å². The van der Waals surface area contributed by atoms with Crippen LogP contribution < -0.4 is 10.2 Å². The van der Waals surface area contributed by atoms with E-state index in [0.29, 0.717) is 34.2 Å². The molecular formula is C22H17N5O3. The standard InChI is InChI=1S/C22H17N5O3/c1-29-19-5-3-2-4-18(19)22-27-26-21(30-22)17-8-6-16(7-9-17)20(28)25-24-14-15-10-12-23-13-11-15/h2-14H,1H3,(H,25,28)/b24-14+. The number of ether oxygens (including phenoxy) is 1. The number of carbonyl (C=O) groups excluding carboxylic acids is 1. The summed E-state index contributed by atoms with van der Waals surface area (Å²) in [6.07, 6.45) is 4.85. The first kappa shape index (κ1) is 19.0. The van der Waals surface area contributed by atoms with Gasteiger partial charge in [-0.15, -0.1) is 10.2 Å². The highest BCUT2D eigenvalue weighted by atomic mass is 16.5. The molecule has 2 heterocycles. The van der Waals surface area contributed by atoms with Crippen molar-refractivity contribution in [3.63, 3.8) is 0 Å². The van der Waals surface area contributed by atoms with Gasteiger partial charge in [0.15, 0.2) is 0 Å². The normalized spacial score (nSPS) is 10.8. The molecule has 0 unspecified atom stereocenters. The molecule has 0 aliphatic carbocycles. The quantitative estimate of drug-likeness (QED) is 0.393. The van der Waals surface area contributed by atoms with Crippen molar-refractivity contribution < 1.29 is 13.9 Å². The van der Waals surface area contributed by atoms with Gasteiger partial charge in [0.1, 0.15) is 5.75 Å². The average Bonchev–Trinajstić information content (AvgIpc) is 3.30. The van der Waals surface area contributed by atoms with Gasteiger partial charge in [-0.05, 0) is 54.1 Å². The van der Waals surface area contributed by atoms with Gasteiger partial charge in [-0.1, -0.05) is 12.1 Å². The van der Waals surface area contributed by atoms with Crippen molar-refractivity contribution in [3.05, 3.63) is 84.2 Å². The van der Waals surface area contributed by atoms with Crippen LogP contribution in [0.2, 0.25) is 0 Å². The predicted octanol–water partition coefficient (Wildman–Crippen LogP) is 3.57. The fourth-order valence-corrected chi connectivity index (χ4v) is 2.71. The molecule has 2 aromatic carbocycles. The third kappa shape index (κ3) is 4.22. The Hall–Kier alpha value is -4.33. The van der Waals surface area contributed by atoms with Crippen LogP contribution in [-0.4, -0.2) is 34.4 Å². The van der Waals surface area contributed by atoms with Gasteiger partial charge in [0.2, 0.25) is 5.89 Å². The second kappa shape index (κ2) is 8.78. The van der Waals surface area contributed by atoms with E-state index in [1.165, 1.54) is 0 Å². The molecule has 30 heavy (non-hydrogen) atoms. The molecule has 0 aliphatic rings. The fraction of sp³-hybridized carbons (Fsp3) is 0.0455. The Kier molecular flexibility index (Phi) is 5.56. The van der Waals surface area contributed by atoms with Gasteiger partial charge in [-0.2, -0.15) is 5.10 Å². The molecule has 8 heteroatoms. The molecule has 0 atom stereocenters. The first-order valence-corrected chi connectivity index (χ1v) is 9.05. The Labute approximate surface area is 172 Å². The lowest BCUT2D eigenvalue weighted by Crippen LogP contribution is -2.17. The number of rotatable bonds is 6. The minimum atomic E-state index is -0.327. The maximum Gasteiger partial charge on any atom is 0.271 e. The molecule has 2 aromatic heterocycles. The number of methoxy groups -OCH3 is 1. The summed E-state index contributed by atoms with van der Waals surface area (Å²) in [5.41, 5.74) is 5.18. The average molecular weight is 399 g/mol. The lowest BCUT2D eigenvalue weighted by molar-refractivity contribution is 0.0955. The second-order valence-corrected chi connectivity index (χ2v) is 6.17. The summed E-state index contributed by atoms with van der Waals surface area (Å²) in [6, 6.07) is 17.8. The van der Waals surface area contributed by atoms with E-state index in [4.69, 9.17) is 9.15 Å².